The third kappa shape index (κ3) is 3.87. The molecular formula is C15H24N6O. The molecule has 0 aromatic carbocycles. The predicted molar refractivity (Wildman–Crippen MR) is 87.9 cm³/mol. The van der Waals surface area contributed by atoms with Crippen LogP contribution in [0.4, 0.5) is 5.69 Å². The summed E-state index contributed by atoms with van der Waals surface area (Å²) >= 11 is 0. The van der Waals surface area contributed by atoms with Gasteiger partial charge < -0.3 is 15.1 Å². The van der Waals surface area contributed by atoms with E-state index < -0.39 is 0 Å². The standard InChI is InChI=1S/C15H24N6O/c1-4-5-6-7-17-15(16-2)20-8-9-21(14(22)12-20)13-10-18-19(3)11-13/h4-5,10-11H,6-9,12H2,1-3H3,(H,16,17)/b5-4+. The first-order chi connectivity index (χ1) is 10.7. The number of aliphatic imine (C=N–C) groups is 1. The van der Waals surface area contributed by atoms with Gasteiger partial charge in [-0.1, -0.05) is 12.2 Å². The third-order valence-corrected chi connectivity index (χ3v) is 3.56. The lowest BCUT2D eigenvalue weighted by Crippen LogP contribution is -2.55. The highest BCUT2D eigenvalue weighted by atomic mass is 16.2. The Bertz CT molecular complexity index is 562. The molecule has 1 aromatic rings. The molecule has 120 valence electrons. The van der Waals surface area contributed by atoms with Gasteiger partial charge in [-0.25, -0.2) is 0 Å². The van der Waals surface area contributed by atoms with Crippen LogP contribution < -0.4 is 10.2 Å². The zero-order valence-electron chi connectivity index (χ0n) is 13.5. The minimum atomic E-state index is 0.0654. The first-order valence-corrected chi connectivity index (χ1v) is 7.51. The molecule has 22 heavy (non-hydrogen) atoms. The highest BCUT2D eigenvalue weighted by Gasteiger charge is 2.27. The Morgan fingerprint density at radius 1 is 1.50 bits per heavy atom. The summed E-state index contributed by atoms with van der Waals surface area (Å²) in [6.45, 7) is 4.54. The van der Waals surface area contributed by atoms with Gasteiger partial charge in [-0.3, -0.25) is 14.5 Å². The predicted octanol–water partition coefficient (Wildman–Crippen LogP) is 0.610. The normalized spacial score (nSPS) is 16.7. The first kappa shape index (κ1) is 16.1. The van der Waals surface area contributed by atoms with Gasteiger partial charge in [0.05, 0.1) is 11.9 Å². The number of piperazine rings is 1. The van der Waals surface area contributed by atoms with Crippen molar-refractivity contribution in [2.45, 2.75) is 13.3 Å². The quantitative estimate of drug-likeness (QED) is 0.383. The third-order valence-electron chi connectivity index (χ3n) is 3.56. The number of nitrogens with one attached hydrogen (secondary N) is 1. The van der Waals surface area contributed by atoms with Crippen LogP contribution in [0.15, 0.2) is 29.5 Å². The zero-order chi connectivity index (χ0) is 15.9. The molecule has 1 fully saturated rings. The number of rotatable bonds is 4. The van der Waals surface area contributed by atoms with E-state index in [-0.39, 0.29) is 5.91 Å². The first-order valence-electron chi connectivity index (χ1n) is 7.51. The molecule has 1 aliphatic rings. The molecule has 0 aliphatic carbocycles. The lowest BCUT2D eigenvalue weighted by Gasteiger charge is -2.35. The van der Waals surface area contributed by atoms with Crippen LogP contribution in [0.3, 0.4) is 0 Å². The molecule has 1 amide bonds. The second-order valence-electron chi connectivity index (χ2n) is 5.17. The second kappa shape index (κ2) is 7.63. The summed E-state index contributed by atoms with van der Waals surface area (Å²) < 4.78 is 1.71. The van der Waals surface area contributed by atoms with Crippen LogP contribution in [0.25, 0.3) is 0 Å². The SMILES string of the molecule is C/C=C/CCNC(=NC)N1CCN(c2cnn(C)c2)C(=O)C1. The van der Waals surface area contributed by atoms with Gasteiger partial charge in [0.2, 0.25) is 5.91 Å². The van der Waals surface area contributed by atoms with Crippen molar-refractivity contribution >= 4 is 17.6 Å². The summed E-state index contributed by atoms with van der Waals surface area (Å²) in [5.74, 6) is 0.847. The van der Waals surface area contributed by atoms with Gasteiger partial charge in [-0.15, -0.1) is 0 Å². The van der Waals surface area contributed by atoms with E-state index >= 15 is 0 Å². The van der Waals surface area contributed by atoms with Crippen molar-refractivity contribution in [2.75, 3.05) is 38.1 Å². The lowest BCUT2D eigenvalue weighted by molar-refractivity contribution is -0.120. The van der Waals surface area contributed by atoms with Gasteiger partial charge in [0.15, 0.2) is 5.96 Å². The maximum absolute atomic E-state index is 12.4. The largest absolute Gasteiger partial charge is 0.356 e. The molecule has 0 unspecified atom stereocenters. The Balaban J connectivity index is 1.92. The van der Waals surface area contributed by atoms with Gasteiger partial charge >= 0.3 is 0 Å². The summed E-state index contributed by atoms with van der Waals surface area (Å²) in [7, 11) is 3.59. The summed E-state index contributed by atoms with van der Waals surface area (Å²) in [4.78, 5) is 20.4. The lowest BCUT2D eigenvalue weighted by atomic mass is 10.3. The molecular weight excluding hydrogens is 280 g/mol. The average Bonchev–Trinajstić information content (AvgIpc) is 2.93. The Labute approximate surface area is 131 Å². The molecule has 7 nitrogen and oxygen atoms in total. The van der Waals surface area contributed by atoms with Gasteiger partial charge in [-0.05, 0) is 13.3 Å². The van der Waals surface area contributed by atoms with Crippen LogP contribution in [0.2, 0.25) is 0 Å². The minimum absolute atomic E-state index is 0.0654. The maximum Gasteiger partial charge on any atom is 0.246 e. The Hall–Kier alpha value is -2.31. The van der Waals surface area contributed by atoms with Gasteiger partial charge in [0.25, 0.3) is 0 Å². The van der Waals surface area contributed by atoms with Crippen molar-refractivity contribution < 1.29 is 4.79 Å². The number of hydrogen-bond donors (Lipinski definition) is 1. The molecule has 1 N–H and O–H groups in total. The van der Waals surface area contributed by atoms with Crippen molar-refractivity contribution in [1.82, 2.24) is 20.0 Å². The number of carbonyl (C=O) groups excluding carboxylic acids is 1. The molecule has 0 bridgehead atoms. The maximum atomic E-state index is 12.4. The topological polar surface area (TPSA) is 65.8 Å². The van der Waals surface area contributed by atoms with E-state index in [9.17, 15) is 4.79 Å². The summed E-state index contributed by atoms with van der Waals surface area (Å²) in [5.41, 5.74) is 0.850. The molecule has 1 aliphatic heterocycles. The van der Waals surface area contributed by atoms with Crippen LogP contribution in [-0.2, 0) is 11.8 Å². The van der Waals surface area contributed by atoms with Crippen LogP contribution >= 0.6 is 0 Å². The van der Waals surface area contributed by atoms with Crippen molar-refractivity contribution in [1.29, 1.82) is 0 Å². The highest BCUT2D eigenvalue weighted by molar-refractivity contribution is 5.98. The van der Waals surface area contributed by atoms with E-state index in [0.717, 1.165) is 31.2 Å². The number of anilines is 1. The summed E-state index contributed by atoms with van der Waals surface area (Å²) in [6, 6.07) is 0. The molecule has 7 heteroatoms. The van der Waals surface area contributed by atoms with E-state index in [0.29, 0.717) is 13.1 Å². The Morgan fingerprint density at radius 3 is 2.91 bits per heavy atom. The number of amides is 1. The van der Waals surface area contributed by atoms with E-state index in [1.54, 1.807) is 22.8 Å². The van der Waals surface area contributed by atoms with Crippen LogP contribution in [-0.4, -0.2) is 59.8 Å². The second-order valence-corrected chi connectivity index (χ2v) is 5.17. The monoisotopic (exact) mass is 304 g/mol. The smallest absolute Gasteiger partial charge is 0.246 e. The summed E-state index contributed by atoms with van der Waals surface area (Å²) in [5, 5.41) is 7.41. The Kier molecular flexibility index (Phi) is 5.57. The van der Waals surface area contributed by atoms with Gasteiger partial charge in [0.1, 0.15) is 6.54 Å². The van der Waals surface area contributed by atoms with E-state index in [1.807, 2.05) is 31.1 Å². The number of nitrogens with zero attached hydrogens (tertiary/aromatic N) is 5. The molecule has 0 radical (unpaired) electrons. The van der Waals surface area contributed by atoms with Crippen molar-refractivity contribution in [3.8, 4) is 0 Å². The van der Waals surface area contributed by atoms with Crippen molar-refractivity contribution in [2.24, 2.45) is 12.0 Å². The number of carbonyl (C=O) groups is 1. The highest BCUT2D eigenvalue weighted by Crippen LogP contribution is 2.15. The van der Waals surface area contributed by atoms with E-state index in [4.69, 9.17) is 0 Å². The fourth-order valence-electron chi connectivity index (χ4n) is 2.44. The van der Waals surface area contributed by atoms with Crippen LogP contribution in [0.1, 0.15) is 13.3 Å². The number of allylic oxidation sites excluding steroid dienone is 1. The van der Waals surface area contributed by atoms with Gasteiger partial charge in [-0.2, -0.15) is 5.10 Å². The fraction of sp³-hybridized carbons (Fsp3) is 0.533. The number of aryl methyl sites for hydroxylation is 1. The van der Waals surface area contributed by atoms with E-state index in [2.05, 4.69) is 21.5 Å². The van der Waals surface area contributed by atoms with Crippen molar-refractivity contribution in [3.05, 3.63) is 24.5 Å². The van der Waals surface area contributed by atoms with Gasteiger partial charge in [0, 0.05) is 39.9 Å². The number of guanidine groups is 1. The number of aromatic nitrogens is 2. The Morgan fingerprint density at radius 2 is 2.32 bits per heavy atom. The fourth-order valence-corrected chi connectivity index (χ4v) is 2.44. The van der Waals surface area contributed by atoms with E-state index in [1.165, 1.54) is 0 Å². The molecule has 0 saturated carbocycles. The average molecular weight is 304 g/mol. The molecule has 1 aromatic heterocycles. The minimum Gasteiger partial charge on any atom is -0.356 e. The molecule has 0 spiro atoms. The van der Waals surface area contributed by atoms with Crippen LogP contribution in [0.5, 0.6) is 0 Å². The van der Waals surface area contributed by atoms with Crippen molar-refractivity contribution in [3.63, 3.8) is 0 Å². The molecule has 2 rings (SSSR count). The molecule has 2 heterocycles. The molecule has 1 saturated heterocycles. The van der Waals surface area contributed by atoms with Crippen LogP contribution in [0, 0.1) is 0 Å². The molecule has 0 atom stereocenters. The summed E-state index contributed by atoms with van der Waals surface area (Å²) in [6.07, 6.45) is 8.65. The zero-order valence-corrected chi connectivity index (χ0v) is 13.5. The number of hydrogen-bond acceptors (Lipinski definition) is 3.